The Bertz CT molecular complexity index is 1220. The smallest absolute Gasteiger partial charge is 0.255 e. The second-order valence-corrected chi connectivity index (χ2v) is 7.79. The van der Waals surface area contributed by atoms with Crippen LogP contribution in [-0.4, -0.2) is 27.0 Å². The van der Waals surface area contributed by atoms with Crippen molar-refractivity contribution < 1.29 is 4.79 Å². The molecule has 0 fully saturated rings. The molecule has 0 aliphatic carbocycles. The number of imidazole rings is 1. The number of hydrogen-bond acceptors (Lipinski definition) is 4. The fourth-order valence-electron chi connectivity index (χ4n) is 3.24. The van der Waals surface area contributed by atoms with Crippen LogP contribution in [0.4, 0.5) is 5.69 Å². The first-order valence-corrected chi connectivity index (χ1v) is 10.6. The number of fused-ring (bicyclic) bond motifs is 1. The summed E-state index contributed by atoms with van der Waals surface area (Å²) in [4.78, 5) is 17.0. The third kappa shape index (κ3) is 3.77. The molecule has 0 radical (unpaired) electrons. The van der Waals surface area contributed by atoms with Crippen molar-refractivity contribution in [3.63, 3.8) is 0 Å². The molecule has 5 nitrogen and oxygen atoms in total. The molecule has 1 amide bonds. The average molecular weight is 411 g/mol. The molecular formula is C24H18N4OS. The lowest BCUT2D eigenvalue weighted by Crippen LogP contribution is -2.14. The van der Waals surface area contributed by atoms with Gasteiger partial charge in [0.15, 0.2) is 5.16 Å². The molecule has 2 heterocycles. The second kappa shape index (κ2) is 8.00. The number of nitrogens with one attached hydrogen (secondary N) is 1. The lowest BCUT2D eigenvalue weighted by molar-refractivity contribution is 0.102. The first kappa shape index (κ1) is 18.4. The van der Waals surface area contributed by atoms with Gasteiger partial charge in [-0.05, 0) is 29.8 Å². The second-order valence-electron chi connectivity index (χ2n) is 6.85. The van der Waals surface area contributed by atoms with Crippen LogP contribution in [0.1, 0.15) is 15.9 Å². The standard InChI is InChI=1S/C24H18N4OS/c29-23(19-9-5-2-6-10-19)25-20-13-11-18(12-14-20)22-16-30-24-26-21(15-28(24)27-22)17-7-3-1-4-8-17/h1-15H,16H2,(H,25,29). The first-order valence-electron chi connectivity index (χ1n) is 9.58. The number of hydrogen-bond donors (Lipinski definition) is 1. The van der Waals surface area contributed by atoms with Gasteiger partial charge in [0.1, 0.15) is 0 Å². The number of amides is 1. The molecule has 0 saturated carbocycles. The lowest BCUT2D eigenvalue weighted by atomic mass is 10.1. The molecule has 0 atom stereocenters. The van der Waals surface area contributed by atoms with E-state index in [0.29, 0.717) is 5.56 Å². The summed E-state index contributed by atoms with van der Waals surface area (Å²) in [5.41, 5.74) is 5.39. The lowest BCUT2D eigenvalue weighted by Gasteiger charge is -2.13. The van der Waals surface area contributed by atoms with Crippen LogP contribution in [0, 0.1) is 0 Å². The van der Waals surface area contributed by atoms with E-state index in [9.17, 15) is 4.79 Å². The Morgan fingerprint density at radius 2 is 1.57 bits per heavy atom. The van der Waals surface area contributed by atoms with E-state index in [1.807, 2.05) is 83.7 Å². The minimum absolute atomic E-state index is 0.120. The molecule has 0 bridgehead atoms. The van der Waals surface area contributed by atoms with E-state index < -0.39 is 0 Å². The Morgan fingerprint density at radius 1 is 0.867 bits per heavy atom. The third-order valence-electron chi connectivity index (χ3n) is 4.80. The Kier molecular flexibility index (Phi) is 4.91. The number of aromatic nitrogens is 2. The van der Waals surface area contributed by atoms with Crippen LogP contribution in [0.15, 0.2) is 101 Å². The predicted molar refractivity (Wildman–Crippen MR) is 121 cm³/mol. The van der Waals surface area contributed by atoms with Crippen LogP contribution in [0.5, 0.6) is 0 Å². The molecule has 30 heavy (non-hydrogen) atoms. The monoisotopic (exact) mass is 410 g/mol. The van der Waals surface area contributed by atoms with Gasteiger partial charge in [-0.2, -0.15) is 5.10 Å². The normalized spacial score (nSPS) is 12.7. The molecule has 4 aromatic rings. The van der Waals surface area contributed by atoms with E-state index in [4.69, 9.17) is 10.1 Å². The highest BCUT2D eigenvalue weighted by molar-refractivity contribution is 7.99. The number of nitrogens with zero attached hydrogens (tertiary/aromatic N) is 3. The van der Waals surface area contributed by atoms with E-state index >= 15 is 0 Å². The van der Waals surface area contributed by atoms with Gasteiger partial charge in [-0.3, -0.25) is 4.79 Å². The molecule has 0 spiro atoms. The van der Waals surface area contributed by atoms with E-state index in [-0.39, 0.29) is 5.91 Å². The zero-order chi connectivity index (χ0) is 20.3. The van der Waals surface area contributed by atoms with Gasteiger partial charge in [-0.1, -0.05) is 72.4 Å². The maximum absolute atomic E-state index is 12.3. The van der Waals surface area contributed by atoms with E-state index in [1.165, 1.54) is 0 Å². The van der Waals surface area contributed by atoms with Gasteiger partial charge < -0.3 is 5.32 Å². The van der Waals surface area contributed by atoms with Crippen LogP contribution in [-0.2, 0) is 0 Å². The number of thioether (sulfide) groups is 1. The van der Waals surface area contributed by atoms with Gasteiger partial charge in [0.2, 0.25) is 0 Å². The van der Waals surface area contributed by atoms with E-state index in [2.05, 4.69) is 5.32 Å². The van der Waals surface area contributed by atoms with Crippen molar-refractivity contribution in [1.82, 2.24) is 9.66 Å². The number of carbonyl (C=O) groups is 1. The van der Waals surface area contributed by atoms with Crippen molar-refractivity contribution in [3.05, 3.63) is 102 Å². The summed E-state index contributed by atoms with van der Waals surface area (Å²) in [5.74, 6) is 0.631. The SMILES string of the molecule is O=C(Nc1ccc(C2=Nn3cc(-c4ccccc4)nc3SC2)cc1)c1ccccc1. The molecule has 1 aromatic heterocycles. The zero-order valence-electron chi connectivity index (χ0n) is 16.0. The average Bonchev–Trinajstić information content (AvgIpc) is 3.24. The van der Waals surface area contributed by atoms with Gasteiger partial charge >= 0.3 is 0 Å². The third-order valence-corrected chi connectivity index (χ3v) is 5.76. The Balaban J connectivity index is 1.34. The van der Waals surface area contributed by atoms with Gasteiger partial charge in [-0.15, -0.1) is 0 Å². The fraction of sp³-hybridized carbons (Fsp3) is 0.0417. The van der Waals surface area contributed by atoms with Crippen LogP contribution >= 0.6 is 11.8 Å². The molecule has 1 aliphatic heterocycles. The number of anilines is 1. The Morgan fingerprint density at radius 3 is 2.30 bits per heavy atom. The van der Waals surface area contributed by atoms with Gasteiger partial charge in [0, 0.05) is 22.6 Å². The van der Waals surface area contributed by atoms with Crippen molar-refractivity contribution in [2.75, 3.05) is 11.1 Å². The first-order chi connectivity index (χ1) is 14.8. The number of benzene rings is 3. The highest BCUT2D eigenvalue weighted by Gasteiger charge is 2.17. The van der Waals surface area contributed by atoms with E-state index in [1.54, 1.807) is 23.9 Å². The summed E-state index contributed by atoms with van der Waals surface area (Å²) in [6.07, 6.45) is 1.96. The predicted octanol–water partition coefficient (Wildman–Crippen LogP) is 5.16. The number of carbonyl (C=O) groups excluding carboxylic acids is 1. The van der Waals surface area contributed by atoms with Crippen molar-refractivity contribution in [1.29, 1.82) is 0 Å². The Labute approximate surface area is 178 Å². The molecule has 1 aliphatic rings. The summed E-state index contributed by atoms with van der Waals surface area (Å²) in [6, 6.07) is 27.1. The topological polar surface area (TPSA) is 59.3 Å². The maximum atomic E-state index is 12.3. The summed E-state index contributed by atoms with van der Waals surface area (Å²) < 4.78 is 1.84. The molecule has 3 aromatic carbocycles. The van der Waals surface area contributed by atoms with Crippen molar-refractivity contribution in [3.8, 4) is 11.3 Å². The zero-order valence-corrected chi connectivity index (χ0v) is 16.8. The highest BCUT2D eigenvalue weighted by atomic mass is 32.2. The van der Waals surface area contributed by atoms with Crippen molar-refractivity contribution in [2.24, 2.45) is 5.10 Å². The largest absolute Gasteiger partial charge is 0.322 e. The van der Waals surface area contributed by atoms with Crippen molar-refractivity contribution >= 4 is 29.1 Å². The highest BCUT2D eigenvalue weighted by Crippen LogP contribution is 2.28. The Hall–Kier alpha value is -3.64. The van der Waals surface area contributed by atoms with Crippen LogP contribution < -0.4 is 5.32 Å². The summed E-state index contributed by atoms with van der Waals surface area (Å²) >= 11 is 1.67. The number of rotatable bonds is 4. The summed E-state index contributed by atoms with van der Waals surface area (Å²) in [5, 5.41) is 8.58. The summed E-state index contributed by atoms with van der Waals surface area (Å²) in [7, 11) is 0. The quantitative estimate of drug-likeness (QED) is 0.505. The van der Waals surface area contributed by atoms with Crippen LogP contribution in [0.25, 0.3) is 11.3 Å². The molecule has 0 saturated heterocycles. The molecule has 0 unspecified atom stereocenters. The fourth-order valence-corrected chi connectivity index (χ4v) is 4.12. The minimum Gasteiger partial charge on any atom is -0.322 e. The molecule has 6 heteroatoms. The summed E-state index contributed by atoms with van der Waals surface area (Å²) in [6.45, 7) is 0. The maximum Gasteiger partial charge on any atom is 0.255 e. The van der Waals surface area contributed by atoms with Gasteiger partial charge in [-0.25, -0.2) is 9.66 Å². The molecule has 1 N–H and O–H groups in total. The minimum atomic E-state index is -0.120. The molecular weight excluding hydrogens is 392 g/mol. The van der Waals surface area contributed by atoms with Crippen molar-refractivity contribution in [2.45, 2.75) is 5.16 Å². The molecule has 146 valence electrons. The molecule has 5 rings (SSSR count). The van der Waals surface area contributed by atoms with Gasteiger partial charge in [0.25, 0.3) is 5.91 Å². The van der Waals surface area contributed by atoms with Crippen LogP contribution in [0.3, 0.4) is 0 Å². The van der Waals surface area contributed by atoms with E-state index in [0.717, 1.165) is 39.1 Å². The van der Waals surface area contributed by atoms with Crippen LogP contribution in [0.2, 0.25) is 0 Å². The van der Waals surface area contributed by atoms with Gasteiger partial charge in [0.05, 0.1) is 17.6 Å².